The van der Waals surface area contributed by atoms with Gasteiger partial charge in [-0.25, -0.2) is 9.67 Å². The number of nitrogen functional groups attached to an aromatic ring is 1. The Morgan fingerprint density at radius 2 is 1.74 bits per heavy atom. The zero-order valence-corrected chi connectivity index (χ0v) is 21.4. The number of alkyl halides is 3. The minimum Gasteiger partial charge on any atom is -0.497 e. The number of methoxy groups -OCH3 is 1. The van der Waals surface area contributed by atoms with Gasteiger partial charge >= 0.3 is 6.18 Å². The molecule has 0 aliphatic carbocycles. The number of ether oxygens (including phenoxy) is 1. The summed E-state index contributed by atoms with van der Waals surface area (Å²) >= 11 is 0. The van der Waals surface area contributed by atoms with Crippen molar-refractivity contribution in [2.45, 2.75) is 17.5 Å². The van der Waals surface area contributed by atoms with Crippen molar-refractivity contribution in [2.75, 3.05) is 12.8 Å². The van der Waals surface area contributed by atoms with E-state index in [1.165, 1.54) is 17.8 Å². The first-order valence-corrected chi connectivity index (χ1v) is 12.8. The standard InChI is InChI=1S/C25H21F3N6O4S/c1-32-20-9-5-16(11-15-3-6-18(38-2)7-4-15)23(29)22(20)24(35)34(32)39(36,37)19-8-10-21(30-13-19)33-14-17(12-31-33)25(26,27)28/h3-10,12-14H,11,29H2,1-2H3. The van der Waals surface area contributed by atoms with Crippen LogP contribution in [0.5, 0.6) is 5.75 Å². The van der Waals surface area contributed by atoms with Crippen LogP contribution >= 0.6 is 0 Å². The van der Waals surface area contributed by atoms with Gasteiger partial charge in [0.25, 0.3) is 15.6 Å². The molecule has 202 valence electrons. The Kier molecular flexibility index (Phi) is 6.21. The maximum Gasteiger partial charge on any atom is 0.419 e. The molecule has 0 aliphatic rings. The van der Waals surface area contributed by atoms with Crippen molar-refractivity contribution in [3.8, 4) is 11.6 Å². The smallest absolute Gasteiger partial charge is 0.419 e. The molecule has 0 unspecified atom stereocenters. The highest BCUT2D eigenvalue weighted by molar-refractivity contribution is 7.89. The lowest BCUT2D eigenvalue weighted by Crippen LogP contribution is -2.29. The van der Waals surface area contributed by atoms with Crippen LogP contribution in [-0.4, -0.2) is 39.1 Å². The van der Waals surface area contributed by atoms with Gasteiger partial charge < -0.3 is 10.5 Å². The third kappa shape index (κ3) is 4.52. The van der Waals surface area contributed by atoms with Crippen LogP contribution in [0.1, 0.15) is 16.7 Å². The number of hydrogen-bond donors (Lipinski definition) is 1. The fourth-order valence-electron chi connectivity index (χ4n) is 4.22. The first-order valence-electron chi connectivity index (χ1n) is 11.4. The summed E-state index contributed by atoms with van der Waals surface area (Å²) in [7, 11) is -1.48. The number of nitrogens with two attached hydrogens (primary N) is 1. The Morgan fingerprint density at radius 1 is 1.03 bits per heavy atom. The summed E-state index contributed by atoms with van der Waals surface area (Å²) in [5, 5.41) is 3.67. The lowest BCUT2D eigenvalue weighted by molar-refractivity contribution is -0.137. The van der Waals surface area contributed by atoms with Crippen LogP contribution in [0.4, 0.5) is 18.9 Å². The maximum atomic E-state index is 13.5. The highest BCUT2D eigenvalue weighted by Gasteiger charge is 2.32. The highest BCUT2D eigenvalue weighted by atomic mass is 32.2. The third-order valence-electron chi connectivity index (χ3n) is 6.27. The van der Waals surface area contributed by atoms with Gasteiger partial charge in [0, 0.05) is 19.4 Å². The lowest BCUT2D eigenvalue weighted by atomic mass is 10.0. The Morgan fingerprint density at radius 3 is 2.33 bits per heavy atom. The number of anilines is 1. The zero-order chi connectivity index (χ0) is 28.1. The van der Waals surface area contributed by atoms with E-state index in [-0.39, 0.29) is 21.8 Å². The summed E-state index contributed by atoms with van der Waals surface area (Å²) in [6, 6.07) is 13.0. The monoisotopic (exact) mass is 558 g/mol. The average Bonchev–Trinajstić information content (AvgIpc) is 3.50. The summed E-state index contributed by atoms with van der Waals surface area (Å²) < 4.78 is 73.3. The Hall–Kier alpha value is -4.59. The van der Waals surface area contributed by atoms with E-state index in [9.17, 15) is 26.4 Å². The minimum atomic E-state index is -4.59. The summed E-state index contributed by atoms with van der Waals surface area (Å²) in [5.74, 6) is 0.651. The molecule has 2 N–H and O–H groups in total. The van der Waals surface area contributed by atoms with Crippen LogP contribution in [0.15, 0.2) is 76.8 Å². The number of aromatic nitrogens is 5. The normalized spacial score (nSPS) is 12.2. The number of fused-ring (bicyclic) bond motifs is 1. The molecule has 0 saturated heterocycles. The summed E-state index contributed by atoms with van der Waals surface area (Å²) in [5.41, 5.74) is 6.56. The van der Waals surface area contributed by atoms with Gasteiger partial charge in [0.05, 0.1) is 35.5 Å². The van der Waals surface area contributed by atoms with Gasteiger partial charge in [0.2, 0.25) is 0 Å². The van der Waals surface area contributed by atoms with Gasteiger partial charge in [-0.2, -0.15) is 26.7 Å². The van der Waals surface area contributed by atoms with Gasteiger partial charge in [0.1, 0.15) is 10.6 Å². The fourth-order valence-corrected chi connectivity index (χ4v) is 5.56. The van der Waals surface area contributed by atoms with Crippen LogP contribution in [0.25, 0.3) is 16.7 Å². The van der Waals surface area contributed by atoms with Crippen molar-refractivity contribution in [3.63, 3.8) is 0 Å². The SMILES string of the molecule is COc1ccc(Cc2ccc3c(c2N)c(=O)n(S(=O)(=O)c2ccc(-n4cc(C(F)(F)F)cn4)nc2)n3C)cc1. The predicted molar refractivity (Wildman–Crippen MR) is 136 cm³/mol. The second kappa shape index (κ2) is 9.31. The lowest BCUT2D eigenvalue weighted by Gasteiger charge is -2.10. The van der Waals surface area contributed by atoms with E-state index in [4.69, 9.17) is 10.5 Å². The molecule has 0 radical (unpaired) electrons. The van der Waals surface area contributed by atoms with Crippen LogP contribution in [0, 0.1) is 0 Å². The first kappa shape index (κ1) is 26.0. The molecular weight excluding hydrogens is 537 g/mol. The van der Waals surface area contributed by atoms with Gasteiger partial charge in [0.15, 0.2) is 5.82 Å². The second-order valence-electron chi connectivity index (χ2n) is 8.66. The topological polar surface area (TPSA) is 127 Å². The Labute approximate surface area is 219 Å². The number of nitrogens with zero attached hydrogens (tertiary/aromatic N) is 5. The molecule has 0 spiro atoms. The molecular formula is C25H21F3N6O4S. The molecule has 39 heavy (non-hydrogen) atoms. The molecule has 0 aliphatic heterocycles. The van der Waals surface area contributed by atoms with Gasteiger partial charge in [-0.3, -0.25) is 9.48 Å². The first-order chi connectivity index (χ1) is 18.4. The van der Waals surface area contributed by atoms with Gasteiger partial charge in [-0.1, -0.05) is 18.2 Å². The number of rotatable bonds is 6. The molecule has 10 nitrogen and oxygen atoms in total. The molecule has 5 rings (SSSR count). The molecule has 0 bridgehead atoms. The number of halogens is 3. The molecule has 2 aromatic carbocycles. The molecule has 3 heterocycles. The Bertz CT molecular complexity index is 1860. The summed E-state index contributed by atoms with van der Waals surface area (Å²) in [6.45, 7) is 0. The summed E-state index contributed by atoms with van der Waals surface area (Å²) in [6.07, 6.45) is -1.87. The van der Waals surface area contributed by atoms with Crippen LogP contribution < -0.4 is 16.0 Å². The quantitative estimate of drug-likeness (QED) is 0.317. The van der Waals surface area contributed by atoms with Crippen LogP contribution in [0.3, 0.4) is 0 Å². The summed E-state index contributed by atoms with van der Waals surface area (Å²) in [4.78, 5) is 17.0. The number of pyridine rings is 1. The zero-order valence-electron chi connectivity index (χ0n) is 20.5. The van der Waals surface area contributed by atoms with Crippen molar-refractivity contribution in [3.05, 3.63) is 94.2 Å². The number of hydrogen-bond acceptors (Lipinski definition) is 7. The highest BCUT2D eigenvalue weighted by Crippen LogP contribution is 2.29. The number of benzene rings is 2. The average molecular weight is 559 g/mol. The van der Waals surface area contributed by atoms with Crippen molar-refractivity contribution >= 4 is 26.6 Å². The molecule has 0 fully saturated rings. The van der Waals surface area contributed by atoms with Crippen molar-refractivity contribution in [2.24, 2.45) is 7.05 Å². The molecule has 0 atom stereocenters. The molecule has 5 aromatic rings. The predicted octanol–water partition coefficient (Wildman–Crippen LogP) is 3.36. The Balaban J connectivity index is 1.51. The minimum absolute atomic E-state index is 0.0405. The molecule has 0 saturated carbocycles. The number of aryl methyl sites for hydroxylation is 1. The van der Waals surface area contributed by atoms with E-state index in [2.05, 4.69) is 10.1 Å². The van der Waals surface area contributed by atoms with E-state index in [1.807, 2.05) is 12.1 Å². The van der Waals surface area contributed by atoms with Crippen molar-refractivity contribution in [1.29, 1.82) is 0 Å². The third-order valence-corrected chi connectivity index (χ3v) is 7.97. The van der Waals surface area contributed by atoms with Crippen LogP contribution in [-0.2, 0) is 29.7 Å². The second-order valence-corrected chi connectivity index (χ2v) is 10.4. The van der Waals surface area contributed by atoms with Gasteiger partial charge in [-0.15, -0.1) is 4.09 Å². The molecule has 3 aromatic heterocycles. The van der Waals surface area contributed by atoms with Crippen LogP contribution in [0.2, 0.25) is 0 Å². The van der Waals surface area contributed by atoms with E-state index < -0.39 is 27.3 Å². The van der Waals surface area contributed by atoms with Gasteiger partial charge in [-0.05, 0) is 47.9 Å². The largest absolute Gasteiger partial charge is 0.497 e. The van der Waals surface area contributed by atoms with E-state index in [0.29, 0.717) is 33.5 Å². The maximum absolute atomic E-state index is 13.5. The fraction of sp³-hybridized carbons (Fsp3) is 0.160. The van der Waals surface area contributed by atoms with E-state index >= 15 is 0 Å². The van der Waals surface area contributed by atoms with E-state index in [0.717, 1.165) is 28.7 Å². The van der Waals surface area contributed by atoms with E-state index in [1.54, 1.807) is 31.4 Å². The molecule has 14 heteroatoms. The van der Waals surface area contributed by atoms with Crippen molar-refractivity contribution in [1.82, 2.24) is 23.5 Å². The molecule has 0 amide bonds. The van der Waals surface area contributed by atoms with Crippen molar-refractivity contribution < 1.29 is 26.3 Å².